The van der Waals surface area contributed by atoms with Gasteiger partial charge in [-0.2, -0.15) is 0 Å². The van der Waals surface area contributed by atoms with Crippen LogP contribution in [0.4, 0.5) is 10.1 Å². The number of nitrogen functional groups attached to an aromatic ring is 1. The van der Waals surface area contributed by atoms with Crippen molar-refractivity contribution in [1.29, 1.82) is 0 Å². The normalized spacial score (nSPS) is 10.9. The van der Waals surface area contributed by atoms with Crippen molar-refractivity contribution in [3.05, 3.63) is 28.9 Å². The molecule has 1 heterocycles. The van der Waals surface area contributed by atoms with Crippen molar-refractivity contribution in [3.63, 3.8) is 0 Å². The van der Waals surface area contributed by atoms with Gasteiger partial charge in [0.1, 0.15) is 5.82 Å². The monoisotopic (exact) mass is 215 g/mol. The summed E-state index contributed by atoms with van der Waals surface area (Å²) in [5, 5.41) is 2.86. The van der Waals surface area contributed by atoms with Crippen LogP contribution in [0.25, 0.3) is 10.1 Å². The molecule has 1 nitrogen and oxygen atoms in total. The third-order valence-electron chi connectivity index (χ3n) is 1.99. The molecule has 0 amide bonds. The molecule has 2 N–H and O–H groups in total. The number of thiophene rings is 1. The zero-order chi connectivity index (χ0) is 9.42. The Hall–Kier alpha value is -0.800. The van der Waals surface area contributed by atoms with Crippen molar-refractivity contribution < 1.29 is 4.39 Å². The van der Waals surface area contributed by atoms with Gasteiger partial charge in [-0.25, -0.2) is 4.39 Å². The SMILES string of the molecule is Nc1c(F)cc2sccc2c1CCl. The van der Waals surface area contributed by atoms with Crippen molar-refractivity contribution in [2.75, 3.05) is 5.73 Å². The predicted octanol–water partition coefficient (Wildman–Crippen LogP) is 3.36. The zero-order valence-corrected chi connectivity index (χ0v) is 8.25. The molecule has 4 heteroatoms. The van der Waals surface area contributed by atoms with Gasteiger partial charge >= 0.3 is 0 Å². The molecule has 0 aliphatic heterocycles. The van der Waals surface area contributed by atoms with E-state index in [1.165, 1.54) is 17.4 Å². The molecule has 1 aromatic carbocycles. The molecule has 0 atom stereocenters. The first-order valence-corrected chi connectivity index (χ1v) is 5.15. The van der Waals surface area contributed by atoms with Crippen molar-refractivity contribution in [2.45, 2.75) is 5.88 Å². The zero-order valence-electron chi connectivity index (χ0n) is 6.68. The highest BCUT2D eigenvalue weighted by atomic mass is 35.5. The van der Waals surface area contributed by atoms with Crippen molar-refractivity contribution in [1.82, 2.24) is 0 Å². The number of fused-ring (bicyclic) bond motifs is 1. The Kier molecular flexibility index (Phi) is 2.14. The van der Waals surface area contributed by atoms with E-state index in [1.807, 2.05) is 11.4 Å². The number of nitrogens with two attached hydrogens (primary N) is 1. The van der Waals surface area contributed by atoms with Gasteiger partial charge in [-0.1, -0.05) is 0 Å². The maximum absolute atomic E-state index is 13.2. The molecule has 1 aromatic heterocycles. The largest absolute Gasteiger partial charge is 0.396 e. The lowest BCUT2D eigenvalue weighted by atomic mass is 10.1. The summed E-state index contributed by atoms with van der Waals surface area (Å²) in [5.41, 5.74) is 6.42. The van der Waals surface area contributed by atoms with E-state index in [4.69, 9.17) is 17.3 Å². The molecular weight excluding hydrogens is 209 g/mol. The van der Waals surface area contributed by atoms with Crippen LogP contribution in [0.2, 0.25) is 0 Å². The van der Waals surface area contributed by atoms with E-state index in [9.17, 15) is 4.39 Å². The maximum Gasteiger partial charge on any atom is 0.147 e. The Balaban J connectivity index is 2.87. The molecule has 13 heavy (non-hydrogen) atoms. The second-order valence-corrected chi connectivity index (χ2v) is 3.93. The standard InChI is InChI=1S/C9H7ClFNS/c10-4-6-5-1-2-13-8(5)3-7(11)9(6)12/h1-3H,4,12H2. The van der Waals surface area contributed by atoms with Gasteiger partial charge in [-0.15, -0.1) is 22.9 Å². The van der Waals surface area contributed by atoms with Crippen molar-refractivity contribution in [3.8, 4) is 0 Å². The summed E-state index contributed by atoms with van der Waals surface area (Å²) in [4.78, 5) is 0. The molecule has 2 aromatic rings. The molecule has 0 aliphatic carbocycles. The van der Waals surface area contributed by atoms with Gasteiger partial charge in [-0.3, -0.25) is 0 Å². The summed E-state index contributed by atoms with van der Waals surface area (Å²) in [6.07, 6.45) is 0. The molecular formula is C9H7ClFNS. The topological polar surface area (TPSA) is 26.0 Å². The van der Waals surface area contributed by atoms with E-state index < -0.39 is 0 Å². The number of rotatable bonds is 1. The minimum atomic E-state index is -0.384. The number of anilines is 1. The van der Waals surface area contributed by atoms with Crippen LogP contribution in [-0.2, 0) is 5.88 Å². The Morgan fingerprint density at radius 2 is 2.31 bits per heavy atom. The average molecular weight is 216 g/mol. The summed E-state index contributed by atoms with van der Waals surface area (Å²) < 4.78 is 14.1. The molecule has 0 radical (unpaired) electrons. The minimum Gasteiger partial charge on any atom is -0.396 e. The molecule has 0 spiro atoms. The summed E-state index contributed by atoms with van der Waals surface area (Å²) in [6.45, 7) is 0. The predicted molar refractivity (Wildman–Crippen MR) is 55.8 cm³/mol. The van der Waals surface area contributed by atoms with Gasteiger partial charge in [0.05, 0.1) is 11.6 Å². The molecule has 0 aliphatic rings. The van der Waals surface area contributed by atoms with E-state index in [0.717, 1.165) is 10.1 Å². The Bertz CT molecular complexity index is 452. The molecule has 68 valence electrons. The lowest BCUT2D eigenvalue weighted by molar-refractivity contribution is 0.633. The van der Waals surface area contributed by atoms with Crippen LogP contribution in [0.1, 0.15) is 5.56 Å². The first-order valence-electron chi connectivity index (χ1n) is 3.74. The summed E-state index contributed by atoms with van der Waals surface area (Å²) >= 11 is 7.18. The second kappa shape index (κ2) is 3.16. The van der Waals surface area contributed by atoms with Gasteiger partial charge in [0, 0.05) is 10.3 Å². The first kappa shape index (κ1) is 8.78. The average Bonchev–Trinajstić information content (AvgIpc) is 2.54. The summed E-state index contributed by atoms with van der Waals surface area (Å²) in [7, 11) is 0. The van der Waals surface area contributed by atoms with E-state index in [1.54, 1.807) is 0 Å². The fourth-order valence-corrected chi connectivity index (χ4v) is 2.44. The number of hydrogen-bond acceptors (Lipinski definition) is 2. The van der Waals surface area contributed by atoms with Gasteiger partial charge in [-0.05, 0) is 22.9 Å². The van der Waals surface area contributed by atoms with E-state index in [0.29, 0.717) is 5.56 Å². The highest BCUT2D eigenvalue weighted by Gasteiger charge is 2.10. The fraction of sp³-hybridized carbons (Fsp3) is 0.111. The van der Waals surface area contributed by atoms with E-state index in [2.05, 4.69) is 0 Å². The van der Waals surface area contributed by atoms with Crippen LogP contribution in [0.15, 0.2) is 17.5 Å². The van der Waals surface area contributed by atoms with Gasteiger partial charge < -0.3 is 5.73 Å². The Morgan fingerprint density at radius 3 is 3.00 bits per heavy atom. The fourth-order valence-electron chi connectivity index (χ4n) is 1.31. The Morgan fingerprint density at radius 1 is 1.54 bits per heavy atom. The second-order valence-electron chi connectivity index (χ2n) is 2.72. The Labute approximate surface area is 83.9 Å². The number of alkyl halides is 1. The van der Waals surface area contributed by atoms with Gasteiger partial charge in [0.2, 0.25) is 0 Å². The summed E-state index contributed by atoms with van der Waals surface area (Å²) in [5.74, 6) is -0.137. The van der Waals surface area contributed by atoms with Gasteiger partial charge in [0.25, 0.3) is 0 Å². The van der Waals surface area contributed by atoms with Crippen LogP contribution < -0.4 is 5.73 Å². The van der Waals surface area contributed by atoms with Crippen molar-refractivity contribution in [2.24, 2.45) is 0 Å². The lowest BCUT2D eigenvalue weighted by Gasteiger charge is -2.04. The van der Waals surface area contributed by atoms with E-state index in [-0.39, 0.29) is 17.4 Å². The molecule has 0 fully saturated rings. The third kappa shape index (κ3) is 1.28. The third-order valence-corrected chi connectivity index (χ3v) is 3.13. The summed E-state index contributed by atoms with van der Waals surface area (Å²) in [6, 6.07) is 3.36. The lowest BCUT2D eigenvalue weighted by Crippen LogP contribution is -1.96. The van der Waals surface area contributed by atoms with Gasteiger partial charge in [0.15, 0.2) is 0 Å². The quantitative estimate of drug-likeness (QED) is 0.573. The van der Waals surface area contributed by atoms with Crippen LogP contribution in [0, 0.1) is 5.82 Å². The molecule has 0 saturated heterocycles. The molecule has 2 rings (SSSR count). The minimum absolute atomic E-state index is 0.168. The number of benzene rings is 1. The maximum atomic E-state index is 13.2. The van der Waals surface area contributed by atoms with Crippen molar-refractivity contribution >= 4 is 38.7 Å². The first-order chi connectivity index (χ1) is 6.24. The number of hydrogen-bond donors (Lipinski definition) is 1. The number of halogens is 2. The highest BCUT2D eigenvalue weighted by molar-refractivity contribution is 7.17. The molecule has 0 unspecified atom stereocenters. The van der Waals surface area contributed by atoms with E-state index >= 15 is 0 Å². The van der Waals surface area contributed by atoms with Crippen LogP contribution in [0.5, 0.6) is 0 Å². The van der Waals surface area contributed by atoms with Crippen LogP contribution >= 0.6 is 22.9 Å². The van der Waals surface area contributed by atoms with Crippen LogP contribution in [-0.4, -0.2) is 0 Å². The highest BCUT2D eigenvalue weighted by Crippen LogP contribution is 2.31. The smallest absolute Gasteiger partial charge is 0.147 e. The van der Waals surface area contributed by atoms with Crippen LogP contribution in [0.3, 0.4) is 0 Å². The molecule has 0 bridgehead atoms. The molecule has 0 saturated carbocycles.